The normalized spacial score (nSPS) is 18.8. The molecule has 2 aliphatic rings. The molecule has 1 aromatic heterocycles. The Balaban J connectivity index is 1.23. The van der Waals surface area contributed by atoms with Gasteiger partial charge in [0, 0.05) is 49.4 Å². The molecule has 0 radical (unpaired) electrons. The van der Waals surface area contributed by atoms with Gasteiger partial charge in [0.2, 0.25) is 5.91 Å². The van der Waals surface area contributed by atoms with E-state index in [0.29, 0.717) is 65.8 Å². The molecule has 4 aromatic rings. The Labute approximate surface area is 273 Å². The highest BCUT2D eigenvalue weighted by molar-refractivity contribution is 5.99. The molecule has 0 saturated carbocycles. The number of ether oxygens (including phenoxy) is 3. The molecule has 0 unspecified atom stereocenters. The van der Waals surface area contributed by atoms with E-state index in [1.807, 2.05) is 54.6 Å². The summed E-state index contributed by atoms with van der Waals surface area (Å²) in [4.78, 5) is 50.7. The van der Waals surface area contributed by atoms with Crippen LogP contribution in [-0.2, 0) is 16.1 Å². The lowest BCUT2D eigenvalue weighted by atomic mass is 9.99. The topological polar surface area (TPSA) is 132 Å². The Morgan fingerprint density at radius 2 is 1.85 bits per heavy atom. The van der Waals surface area contributed by atoms with Crippen molar-refractivity contribution in [2.24, 2.45) is 0 Å². The van der Waals surface area contributed by atoms with Crippen molar-refractivity contribution in [2.75, 3.05) is 26.7 Å². The first kappa shape index (κ1) is 31.7. The lowest BCUT2D eigenvalue weighted by Gasteiger charge is -2.39. The highest BCUT2D eigenvalue weighted by Gasteiger charge is 2.34. The van der Waals surface area contributed by atoms with Crippen LogP contribution in [0.3, 0.4) is 0 Å². The van der Waals surface area contributed by atoms with Crippen LogP contribution in [0.5, 0.6) is 17.2 Å². The SMILES string of the molecule is COc1cc2cc(c1)C(=O)NCCCC(=O)N[C@H]1CN(C(=O)c3cnc(C)nc3-c3ccccc3)CC[C@@H]1OCc1cccc(c1)O2. The number of carbonyl (C=O) groups excluding carboxylic acids is 3. The average Bonchev–Trinajstić information content (AvgIpc) is 3.09. The molecule has 1 saturated heterocycles. The van der Waals surface area contributed by atoms with E-state index >= 15 is 0 Å². The van der Waals surface area contributed by atoms with E-state index in [0.717, 1.165) is 11.1 Å². The van der Waals surface area contributed by atoms with Gasteiger partial charge in [-0.25, -0.2) is 9.97 Å². The second kappa shape index (κ2) is 14.4. The van der Waals surface area contributed by atoms with Crippen LogP contribution in [0.1, 0.15) is 51.4 Å². The van der Waals surface area contributed by atoms with Gasteiger partial charge < -0.3 is 29.7 Å². The quantitative estimate of drug-likeness (QED) is 0.332. The molecule has 242 valence electrons. The summed E-state index contributed by atoms with van der Waals surface area (Å²) in [7, 11) is 1.53. The summed E-state index contributed by atoms with van der Waals surface area (Å²) in [6.45, 7) is 3.06. The standard InChI is InChI=1S/C36H37N5O6/c1-23-38-20-30(34(39-23)25-9-4-3-5-10-25)36(44)41-15-13-32-31(21-41)40-33(42)12-7-14-37-35(43)26-17-28(45-2)19-29(18-26)47-27-11-6-8-24(16-27)22-46-32/h3-6,8-11,16-20,31-32H,7,12-15,21-22H2,1-2H3,(H,37,43)(H,40,42)/t31-,32-/m0/s1. The summed E-state index contributed by atoms with van der Waals surface area (Å²) in [5.41, 5.74) is 3.06. The fourth-order valence-electron chi connectivity index (χ4n) is 5.82. The Hall–Kier alpha value is -5.29. The fraction of sp³-hybridized carbons (Fsp3) is 0.306. The Bertz CT molecular complexity index is 1760. The van der Waals surface area contributed by atoms with E-state index in [-0.39, 0.29) is 43.4 Å². The third-order valence-electron chi connectivity index (χ3n) is 8.21. The number of benzene rings is 3. The van der Waals surface area contributed by atoms with Gasteiger partial charge in [0.25, 0.3) is 11.8 Å². The minimum absolute atomic E-state index is 0.184. The molecule has 0 spiro atoms. The molecular weight excluding hydrogens is 598 g/mol. The van der Waals surface area contributed by atoms with Crippen molar-refractivity contribution < 1.29 is 28.6 Å². The van der Waals surface area contributed by atoms with Gasteiger partial charge in [-0.1, -0.05) is 42.5 Å². The number of nitrogens with one attached hydrogen (secondary N) is 2. The summed E-state index contributed by atoms with van der Waals surface area (Å²) in [6, 6.07) is 21.6. The number of aromatic nitrogens is 2. The predicted octanol–water partition coefficient (Wildman–Crippen LogP) is 4.69. The number of carbonyl (C=O) groups is 3. The molecule has 3 heterocycles. The number of likely N-dealkylation sites (tertiary alicyclic amines) is 1. The number of hydrogen-bond acceptors (Lipinski definition) is 8. The number of fused-ring (bicyclic) bond motifs is 5. The van der Waals surface area contributed by atoms with Gasteiger partial charge in [-0.3, -0.25) is 14.4 Å². The van der Waals surface area contributed by atoms with Crippen LogP contribution >= 0.6 is 0 Å². The molecule has 3 aromatic carbocycles. The summed E-state index contributed by atoms with van der Waals surface area (Å²) < 4.78 is 17.9. The number of nitrogens with zero attached hydrogens (tertiary/aromatic N) is 3. The summed E-state index contributed by atoms with van der Waals surface area (Å²) in [6.07, 6.45) is 2.37. The first-order valence-corrected chi connectivity index (χ1v) is 15.7. The highest BCUT2D eigenvalue weighted by atomic mass is 16.5. The Kier molecular flexibility index (Phi) is 9.72. The molecule has 6 rings (SSSR count). The van der Waals surface area contributed by atoms with Crippen LogP contribution in [0.15, 0.2) is 79.0 Å². The molecule has 0 aliphatic carbocycles. The van der Waals surface area contributed by atoms with Crippen molar-refractivity contribution >= 4 is 17.7 Å². The van der Waals surface area contributed by atoms with E-state index in [1.54, 1.807) is 36.2 Å². The van der Waals surface area contributed by atoms with Gasteiger partial charge >= 0.3 is 0 Å². The van der Waals surface area contributed by atoms with Crippen LogP contribution in [-0.4, -0.2) is 71.5 Å². The maximum atomic E-state index is 13.9. The predicted molar refractivity (Wildman–Crippen MR) is 174 cm³/mol. The van der Waals surface area contributed by atoms with Crippen molar-refractivity contribution in [3.05, 3.63) is 102 Å². The van der Waals surface area contributed by atoms with Gasteiger partial charge in [-0.05, 0) is 49.6 Å². The molecule has 1 fully saturated rings. The van der Waals surface area contributed by atoms with Crippen molar-refractivity contribution in [1.82, 2.24) is 25.5 Å². The lowest BCUT2D eigenvalue weighted by molar-refractivity contribution is -0.124. The molecule has 4 bridgehead atoms. The van der Waals surface area contributed by atoms with Crippen molar-refractivity contribution in [1.29, 1.82) is 0 Å². The van der Waals surface area contributed by atoms with Crippen LogP contribution < -0.4 is 20.1 Å². The van der Waals surface area contributed by atoms with E-state index in [4.69, 9.17) is 14.2 Å². The summed E-state index contributed by atoms with van der Waals surface area (Å²) >= 11 is 0. The zero-order chi connectivity index (χ0) is 32.8. The number of rotatable bonds is 3. The van der Waals surface area contributed by atoms with Crippen molar-refractivity contribution in [2.45, 2.75) is 44.9 Å². The zero-order valence-corrected chi connectivity index (χ0v) is 26.4. The molecule has 47 heavy (non-hydrogen) atoms. The van der Waals surface area contributed by atoms with E-state index in [9.17, 15) is 14.4 Å². The van der Waals surface area contributed by atoms with E-state index < -0.39 is 6.04 Å². The highest BCUT2D eigenvalue weighted by Crippen LogP contribution is 2.29. The molecule has 2 aliphatic heterocycles. The van der Waals surface area contributed by atoms with Gasteiger partial charge in [0.05, 0.1) is 37.1 Å². The minimum atomic E-state index is -0.452. The van der Waals surface area contributed by atoms with Gasteiger partial charge in [0.1, 0.15) is 23.1 Å². The van der Waals surface area contributed by atoms with Crippen molar-refractivity contribution in [3.8, 4) is 28.5 Å². The van der Waals surface area contributed by atoms with E-state index in [2.05, 4.69) is 20.6 Å². The van der Waals surface area contributed by atoms with Crippen LogP contribution in [0.4, 0.5) is 0 Å². The number of amides is 3. The average molecular weight is 636 g/mol. The van der Waals surface area contributed by atoms with Crippen LogP contribution in [0.25, 0.3) is 11.3 Å². The molecule has 11 heteroatoms. The zero-order valence-electron chi connectivity index (χ0n) is 26.4. The maximum Gasteiger partial charge on any atom is 0.257 e. The maximum absolute atomic E-state index is 13.9. The Morgan fingerprint density at radius 1 is 1.00 bits per heavy atom. The third kappa shape index (κ3) is 7.75. The Morgan fingerprint density at radius 3 is 2.68 bits per heavy atom. The minimum Gasteiger partial charge on any atom is -0.497 e. The first-order chi connectivity index (χ1) is 22.9. The number of piperidine rings is 1. The lowest BCUT2D eigenvalue weighted by Crippen LogP contribution is -2.57. The second-order valence-corrected chi connectivity index (χ2v) is 11.6. The third-order valence-corrected chi connectivity index (χ3v) is 8.21. The molecular formula is C36H37N5O6. The second-order valence-electron chi connectivity index (χ2n) is 11.6. The molecule has 2 atom stereocenters. The molecule has 2 N–H and O–H groups in total. The van der Waals surface area contributed by atoms with Crippen LogP contribution in [0.2, 0.25) is 0 Å². The number of hydrogen-bond donors (Lipinski definition) is 2. The van der Waals surface area contributed by atoms with Gasteiger partial charge in [0.15, 0.2) is 0 Å². The summed E-state index contributed by atoms with van der Waals surface area (Å²) in [5.74, 6) is 1.41. The molecule has 11 nitrogen and oxygen atoms in total. The smallest absolute Gasteiger partial charge is 0.257 e. The summed E-state index contributed by atoms with van der Waals surface area (Å²) in [5, 5.41) is 5.98. The van der Waals surface area contributed by atoms with Crippen molar-refractivity contribution in [3.63, 3.8) is 0 Å². The van der Waals surface area contributed by atoms with Crippen LogP contribution in [0, 0.1) is 6.92 Å². The fourth-order valence-corrected chi connectivity index (χ4v) is 5.82. The van der Waals surface area contributed by atoms with Gasteiger partial charge in [-0.2, -0.15) is 0 Å². The number of aryl methyl sites for hydroxylation is 1. The van der Waals surface area contributed by atoms with E-state index in [1.165, 1.54) is 7.11 Å². The first-order valence-electron chi connectivity index (χ1n) is 15.7. The van der Waals surface area contributed by atoms with Gasteiger partial charge in [-0.15, -0.1) is 0 Å². The number of methoxy groups -OCH3 is 1. The molecule has 3 amide bonds. The monoisotopic (exact) mass is 635 g/mol. The largest absolute Gasteiger partial charge is 0.497 e.